The van der Waals surface area contributed by atoms with Crippen molar-refractivity contribution in [2.75, 3.05) is 5.32 Å². The number of nitrogens with zero attached hydrogens (tertiary/aromatic N) is 1. The molecule has 3 heteroatoms. The van der Waals surface area contributed by atoms with Crippen LogP contribution in [0.1, 0.15) is 26.3 Å². The van der Waals surface area contributed by atoms with Crippen LogP contribution in [-0.2, 0) is 0 Å². The van der Waals surface area contributed by atoms with Crippen LogP contribution in [0.15, 0.2) is 53.5 Å². The minimum absolute atomic E-state index is 0.0535. The molecule has 0 saturated heterocycles. The van der Waals surface area contributed by atoms with Crippen molar-refractivity contribution in [3.63, 3.8) is 0 Å². The summed E-state index contributed by atoms with van der Waals surface area (Å²) >= 11 is 0. The Balaban J connectivity index is 2.00. The summed E-state index contributed by atoms with van der Waals surface area (Å²) in [4.78, 5) is 4.81. The maximum absolute atomic E-state index is 6.27. The van der Waals surface area contributed by atoms with Crippen LogP contribution in [0.25, 0.3) is 0 Å². The maximum Gasteiger partial charge on any atom is 0.161 e. The van der Waals surface area contributed by atoms with Gasteiger partial charge in [0.05, 0.1) is 0 Å². The van der Waals surface area contributed by atoms with E-state index in [0.717, 1.165) is 23.0 Å². The van der Waals surface area contributed by atoms with E-state index in [-0.39, 0.29) is 11.5 Å². The zero-order valence-electron chi connectivity index (χ0n) is 13.6. The minimum atomic E-state index is -0.109. The zero-order valence-corrected chi connectivity index (χ0v) is 13.6. The van der Waals surface area contributed by atoms with E-state index in [1.165, 1.54) is 5.56 Å². The lowest BCUT2D eigenvalue weighted by Crippen LogP contribution is -2.44. The van der Waals surface area contributed by atoms with E-state index in [2.05, 4.69) is 45.1 Å². The van der Waals surface area contributed by atoms with Crippen LogP contribution in [0.5, 0.6) is 5.75 Å². The van der Waals surface area contributed by atoms with Crippen LogP contribution in [0.3, 0.4) is 0 Å². The fraction of sp³-hybridized carbons (Fsp3) is 0.316. The first-order chi connectivity index (χ1) is 10.4. The summed E-state index contributed by atoms with van der Waals surface area (Å²) in [6.07, 6.45) is -0.109. The number of benzene rings is 2. The number of amidine groups is 1. The summed E-state index contributed by atoms with van der Waals surface area (Å²) in [5.41, 5.74) is 3.03. The molecule has 0 aromatic heterocycles. The van der Waals surface area contributed by atoms with E-state index in [1.54, 1.807) is 0 Å². The van der Waals surface area contributed by atoms with Crippen LogP contribution in [0, 0.1) is 12.3 Å². The molecule has 0 radical (unpaired) electrons. The molecule has 0 amide bonds. The molecule has 0 saturated carbocycles. The SMILES string of the molecule is Cc1ccc2c(c1)OC(C(C)(C)C)C(Nc1ccccc1)=N2. The Morgan fingerprint density at radius 3 is 2.45 bits per heavy atom. The largest absolute Gasteiger partial charge is 0.480 e. The second-order valence-corrected chi connectivity index (χ2v) is 6.82. The van der Waals surface area contributed by atoms with Gasteiger partial charge >= 0.3 is 0 Å². The number of hydrogen-bond acceptors (Lipinski definition) is 3. The molecule has 0 fully saturated rings. The van der Waals surface area contributed by atoms with Crippen molar-refractivity contribution in [3.8, 4) is 5.75 Å². The second kappa shape index (κ2) is 5.48. The molecule has 1 aliphatic rings. The molecule has 3 nitrogen and oxygen atoms in total. The van der Waals surface area contributed by atoms with E-state index in [0.29, 0.717) is 0 Å². The first kappa shape index (κ1) is 14.6. The van der Waals surface area contributed by atoms with Gasteiger partial charge in [0.2, 0.25) is 0 Å². The van der Waals surface area contributed by atoms with Crippen molar-refractivity contribution >= 4 is 17.2 Å². The number of nitrogens with one attached hydrogen (secondary N) is 1. The molecule has 1 N–H and O–H groups in total. The van der Waals surface area contributed by atoms with Gasteiger partial charge in [-0.25, -0.2) is 4.99 Å². The fourth-order valence-corrected chi connectivity index (χ4v) is 2.53. The molecule has 2 aromatic carbocycles. The van der Waals surface area contributed by atoms with Crippen LogP contribution in [-0.4, -0.2) is 11.9 Å². The predicted octanol–water partition coefficient (Wildman–Crippen LogP) is 4.94. The quantitative estimate of drug-likeness (QED) is 0.808. The molecule has 0 bridgehead atoms. The summed E-state index contributed by atoms with van der Waals surface area (Å²) in [6, 6.07) is 16.2. The topological polar surface area (TPSA) is 33.6 Å². The fourth-order valence-electron chi connectivity index (χ4n) is 2.53. The van der Waals surface area contributed by atoms with Gasteiger partial charge in [-0.15, -0.1) is 0 Å². The first-order valence-electron chi connectivity index (χ1n) is 7.61. The van der Waals surface area contributed by atoms with Crippen molar-refractivity contribution in [1.82, 2.24) is 0 Å². The Labute approximate surface area is 132 Å². The number of aliphatic imine (C=N–C) groups is 1. The Kier molecular flexibility index (Phi) is 3.65. The van der Waals surface area contributed by atoms with Crippen LogP contribution >= 0.6 is 0 Å². The van der Waals surface area contributed by atoms with Gasteiger partial charge in [-0.2, -0.15) is 0 Å². The van der Waals surface area contributed by atoms with Crippen molar-refractivity contribution in [2.45, 2.75) is 33.8 Å². The molecular formula is C19H22N2O. The highest BCUT2D eigenvalue weighted by Crippen LogP contribution is 2.38. The lowest BCUT2D eigenvalue weighted by atomic mass is 9.87. The molecule has 1 unspecified atom stereocenters. The Bertz CT molecular complexity index is 699. The third kappa shape index (κ3) is 2.98. The molecule has 2 aromatic rings. The zero-order chi connectivity index (χ0) is 15.7. The van der Waals surface area contributed by atoms with Gasteiger partial charge in [-0.05, 0) is 36.8 Å². The summed E-state index contributed by atoms with van der Waals surface area (Å²) in [5, 5.41) is 3.42. The molecule has 3 rings (SSSR count). The lowest BCUT2D eigenvalue weighted by molar-refractivity contribution is 0.142. The highest BCUT2D eigenvalue weighted by molar-refractivity contribution is 6.02. The molecule has 0 spiro atoms. The molecule has 1 atom stereocenters. The standard InChI is InChI=1S/C19H22N2O/c1-13-10-11-15-16(12-13)22-17(19(2,3)4)18(21-15)20-14-8-6-5-7-9-14/h5-12,17H,1-4H3,(H,20,21). The normalized spacial score (nSPS) is 17.3. The van der Waals surface area contributed by atoms with Crippen LogP contribution in [0.4, 0.5) is 11.4 Å². The molecule has 1 heterocycles. The Hall–Kier alpha value is -2.29. The molecule has 114 valence electrons. The first-order valence-corrected chi connectivity index (χ1v) is 7.61. The molecular weight excluding hydrogens is 272 g/mol. The number of ether oxygens (including phenoxy) is 1. The van der Waals surface area contributed by atoms with E-state index in [4.69, 9.17) is 9.73 Å². The van der Waals surface area contributed by atoms with Crippen molar-refractivity contribution in [3.05, 3.63) is 54.1 Å². The summed E-state index contributed by atoms with van der Waals surface area (Å²) in [5.74, 6) is 1.72. The molecule has 0 aliphatic carbocycles. The number of aryl methyl sites for hydroxylation is 1. The number of para-hydroxylation sites is 1. The van der Waals surface area contributed by atoms with Gasteiger partial charge in [-0.3, -0.25) is 0 Å². The lowest BCUT2D eigenvalue weighted by Gasteiger charge is -2.35. The summed E-state index contributed by atoms with van der Waals surface area (Å²) in [7, 11) is 0. The molecule has 1 aliphatic heterocycles. The maximum atomic E-state index is 6.27. The van der Waals surface area contributed by atoms with E-state index < -0.39 is 0 Å². The average molecular weight is 294 g/mol. The number of hydrogen-bond donors (Lipinski definition) is 1. The Morgan fingerprint density at radius 1 is 1.05 bits per heavy atom. The monoisotopic (exact) mass is 294 g/mol. The molecule has 22 heavy (non-hydrogen) atoms. The van der Waals surface area contributed by atoms with Crippen molar-refractivity contribution in [2.24, 2.45) is 10.4 Å². The Morgan fingerprint density at radius 2 is 1.77 bits per heavy atom. The predicted molar refractivity (Wildman–Crippen MR) is 92.2 cm³/mol. The van der Waals surface area contributed by atoms with E-state index >= 15 is 0 Å². The minimum Gasteiger partial charge on any atom is -0.480 e. The third-order valence-corrected chi connectivity index (χ3v) is 3.68. The van der Waals surface area contributed by atoms with Gasteiger partial charge in [-0.1, -0.05) is 45.0 Å². The van der Waals surface area contributed by atoms with Crippen LogP contribution in [0.2, 0.25) is 0 Å². The van der Waals surface area contributed by atoms with E-state index in [9.17, 15) is 0 Å². The van der Waals surface area contributed by atoms with Crippen molar-refractivity contribution in [1.29, 1.82) is 0 Å². The number of rotatable bonds is 1. The van der Waals surface area contributed by atoms with E-state index in [1.807, 2.05) is 36.4 Å². The number of fused-ring (bicyclic) bond motifs is 1. The van der Waals surface area contributed by atoms with Crippen LogP contribution < -0.4 is 10.1 Å². The summed E-state index contributed by atoms with van der Waals surface area (Å²) in [6.45, 7) is 8.57. The van der Waals surface area contributed by atoms with Crippen molar-refractivity contribution < 1.29 is 4.74 Å². The number of anilines is 1. The van der Waals surface area contributed by atoms with Gasteiger partial charge in [0.1, 0.15) is 17.3 Å². The van der Waals surface area contributed by atoms with Gasteiger partial charge in [0.25, 0.3) is 0 Å². The van der Waals surface area contributed by atoms with Gasteiger partial charge in [0, 0.05) is 11.1 Å². The van der Waals surface area contributed by atoms with Gasteiger partial charge in [0.15, 0.2) is 6.10 Å². The highest BCUT2D eigenvalue weighted by atomic mass is 16.5. The summed E-state index contributed by atoms with van der Waals surface area (Å²) < 4.78 is 6.27. The average Bonchev–Trinajstić information content (AvgIpc) is 2.47. The smallest absolute Gasteiger partial charge is 0.161 e. The second-order valence-electron chi connectivity index (χ2n) is 6.82. The highest BCUT2D eigenvalue weighted by Gasteiger charge is 2.35. The van der Waals surface area contributed by atoms with Gasteiger partial charge < -0.3 is 10.1 Å². The third-order valence-electron chi connectivity index (χ3n) is 3.68.